The number of amides is 3. The molecule has 0 spiro atoms. The molecular weight excluding hydrogens is 402 g/mol. The summed E-state index contributed by atoms with van der Waals surface area (Å²) in [5, 5.41) is 12.2. The zero-order chi connectivity index (χ0) is 20.5. The van der Waals surface area contributed by atoms with Gasteiger partial charge in [0.05, 0.1) is 16.5 Å². The van der Waals surface area contributed by atoms with Crippen LogP contribution in [0.2, 0.25) is 0 Å². The van der Waals surface area contributed by atoms with Crippen LogP contribution in [0.5, 0.6) is 0 Å². The van der Waals surface area contributed by atoms with Crippen molar-refractivity contribution in [2.75, 3.05) is 20.1 Å². The maximum absolute atomic E-state index is 13.2. The van der Waals surface area contributed by atoms with E-state index < -0.39 is 0 Å². The van der Waals surface area contributed by atoms with Gasteiger partial charge in [0.1, 0.15) is 7.05 Å². The number of nitrogens with zero attached hydrogens (tertiary/aromatic N) is 1. The molecule has 2 aromatic heterocycles. The molecule has 0 unspecified atom stereocenters. The topological polar surface area (TPSA) is 89.9 Å². The lowest BCUT2D eigenvalue weighted by atomic mass is 9.95. The molecule has 0 fully saturated rings. The molecule has 0 saturated carbocycles. The van der Waals surface area contributed by atoms with E-state index in [9.17, 15) is 9.59 Å². The van der Waals surface area contributed by atoms with E-state index in [2.05, 4.69) is 40.1 Å². The molecule has 4 rings (SSSR count). The zero-order valence-corrected chi connectivity index (χ0v) is 17.9. The van der Waals surface area contributed by atoms with Gasteiger partial charge in [-0.25, -0.2) is 9.36 Å². The Hall–Kier alpha value is -3.32. The smallest absolute Gasteiger partial charge is 0.314 e. The van der Waals surface area contributed by atoms with Crippen molar-refractivity contribution in [1.29, 1.82) is 0 Å². The van der Waals surface area contributed by atoms with Gasteiger partial charge in [-0.05, 0) is 18.6 Å². The average Bonchev–Trinajstić information content (AvgIpc) is 3.11. The van der Waals surface area contributed by atoms with Crippen molar-refractivity contribution >= 4 is 44.5 Å². The second kappa shape index (κ2) is 8.59. The lowest BCUT2D eigenvalue weighted by Crippen LogP contribution is -3.00. The number of hydrogen-bond acceptors (Lipinski definition) is 2. The summed E-state index contributed by atoms with van der Waals surface area (Å²) in [7, 11) is 3.53. The number of aryl methyl sites for hydroxylation is 2. The van der Waals surface area contributed by atoms with Crippen molar-refractivity contribution in [3.63, 3.8) is 0 Å². The summed E-state index contributed by atoms with van der Waals surface area (Å²) >= 11 is 0. The van der Waals surface area contributed by atoms with Crippen molar-refractivity contribution in [2.24, 2.45) is 7.05 Å². The quantitative estimate of drug-likeness (QED) is 0.256. The third kappa shape index (κ3) is 3.64. The molecule has 0 bridgehead atoms. The number of pyridine rings is 1. The molecule has 0 radical (unpaired) electrons. The van der Waals surface area contributed by atoms with E-state index in [4.69, 9.17) is 0 Å². The van der Waals surface area contributed by atoms with Crippen LogP contribution < -0.4 is 32.9 Å². The second-order valence-corrected chi connectivity index (χ2v) is 7.12. The Morgan fingerprint density at radius 1 is 1.03 bits per heavy atom. The van der Waals surface area contributed by atoms with Gasteiger partial charge in [-0.3, -0.25) is 4.79 Å². The lowest BCUT2D eigenvalue weighted by molar-refractivity contribution is -0.670. The number of aromatic nitrogens is 2. The third-order valence-electron chi connectivity index (χ3n) is 5.25. The standard InChI is InChI=1S/C22H23N5O2.ClH/c1-13-16-12-27(3)11-8-14(16)19(21(28)24-9-10-25-22(29)23-2)20-18(13)15-6-4-5-7-17(15)26-20;/h4-8,11-12H,9-10H2,1-3H3,(H3,23,24,25,28,29);1H. The molecular formula is C22H24ClN5O2. The summed E-state index contributed by atoms with van der Waals surface area (Å²) < 4.78 is 1.99. The number of fused-ring (bicyclic) bond motifs is 4. The van der Waals surface area contributed by atoms with E-state index in [1.165, 1.54) is 0 Å². The van der Waals surface area contributed by atoms with Gasteiger partial charge >= 0.3 is 6.03 Å². The summed E-state index contributed by atoms with van der Waals surface area (Å²) in [6.07, 6.45) is 4.00. The molecule has 0 atom stereocenters. The molecule has 4 N–H and O–H groups in total. The Labute approximate surface area is 180 Å². The first-order valence-electron chi connectivity index (χ1n) is 9.57. The van der Waals surface area contributed by atoms with E-state index in [1.807, 2.05) is 42.1 Å². The number of hydrogen-bond donors (Lipinski definition) is 4. The first-order valence-corrected chi connectivity index (χ1v) is 9.57. The molecule has 0 aliphatic carbocycles. The van der Waals surface area contributed by atoms with Crippen LogP contribution in [0, 0.1) is 6.92 Å². The molecule has 8 heteroatoms. The number of para-hydroxylation sites is 1. The largest absolute Gasteiger partial charge is 1.00 e. The van der Waals surface area contributed by atoms with E-state index in [0.717, 1.165) is 38.1 Å². The Morgan fingerprint density at radius 2 is 1.77 bits per heavy atom. The third-order valence-corrected chi connectivity index (χ3v) is 5.25. The summed E-state index contributed by atoms with van der Waals surface area (Å²) in [5.74, 6) is -0.167. The molecule has 30 heavy (non-hydrogen) atoms. The number of halogens is 1. The fourth-order valence-electron chi connectivity index (χ4n) is 3.87. The summed E-state index contributed by atoms with van der Waals surface area (Å²) in [6, 6.07) is 9.79. The Bertz CT molecular complexity index is 1270. The highest BCUT2D eigenvalue weighted by atomic mass is 35.5. The highest BCUT2D eigenvalue weighted by Crippen LogP contribution is 2.36. The number of urea groups is 1. The van der Waals surface area contributed by atoms with Crippen molar-refractivity contribution in [2.45, 2.75) is 6.92 Å². The Morgan fingerprint density at radius 3 is 2.53 bits per heavy atom. The highest BCUT2D eigenvalue weighted by molar-refractivity contribution is 6.24. The molecule has 0 aliphatic rings. The molecule has 2 aromatic carbocycles. The predicted octanol–water partition coefficient (Wildman–Crippen LogP) is -0.730. The van der Waals surface area contributed by atoms with Crippen molar-refractivity contribution in [3.8, 4) is 0 Å². The monoisotopic (exact) mass is 425 g/mol. The second-order valence-electron chi connectivity index (χ2n) is 7.12. The molecule has 156 valence electrons. The van der Waals surface area contributed by atoms with Crippen LogP contribution in [0.4, 0.5) is 4.79 Å². The molecule has 3 amide bonds. The predicted molar refractivity (Wildman–Crippen MR) is 114 cm³/mol. The van der Waals surface area contributed by atoms with Gasteiger partial charge < -0.3 is 33.3 Å². The van der Waals surface area contributed by atoms with E-state index in [1.54, 1.807) is 7.05 Å². The van der Waals surface area contributed by atoms with E-state index in [0.29, 0.717) is 18.7 Å². The van der Waals surface area contributed by atoms with E-state index >= 15 is 0 Å². The minimum absolute atomic E-state index is 0. The molecule has 2 heterocycles. The maximum atomic E-state index is 13.2. The first kappa shape index (κ1) is 21.4. The van der Waals surface area contributed by atoms with E-state index in [-0.39, 0.29) is 24.3 Å². The number of aromatic amines is 1. The number of nitrogens with one attached hydrogen (secondary N) is 4. The Kier molecular flexibility index (Phi) is 6.12. The number of rotatable bonds is 4. The van der Waals surface area contributed by atoms with Gasteiger partial charge in [0.25, 0.3) is 5.91 Å². The average molecular weight is 426 g/mol. The van der Waals surface area contributed by atoms with Crippen LogP contribution in [0.25, 0.3) is 32.6 Å². The van der Waals surface area contributed by atoms with Crippen LogP contribution in [0.1, 0.15) is 15.9 Å². The van der Waals surface area contributed by atoms with Gasteiger partial charge in [0.15, 0.2) is 12.4 Å². The SMILES string of the molecule is CNC(=O)NCCNC(=O)c1c2cc[n+](C)cc2c(C)c2c1[nH]c1ccccc12.[Cl-]. The number of carbonyl (C=O) groups excluding carboxylic acids is 2. The minimum Gasteiger partial charge on any atom is -1.00 e. The first-order chi connectivity index (χ1) is 14.0. The minimum atomic E-state index is -0.273. The lowest BCUT2D eigenvalue weighted by Gasteiger charge is -2.12. The number of benzene rings is 2. The van der Waals surface area contributed by atoms with Crippen LogP contribution in [0.15, 0.2) is 42.7 Å². The summed E-state index contributed by atoms with van der Waals surface area (Å²) in [5.41, 5.74) is 3.60. The normalized spacial score (nSPS) is 10.8. The van der Waals surface area contributed by atoms with Crippen molar-refractivity contribution in [1.82, 2.24) is 20.9 Å². The van der Waals surface area contributed by atoms with Gasteiger partial charge in [0, 0.05) is 47.9 Å². The van der Waals surface area contributed by atoms with Gasteiger partial charge in [-0.15, -0.1) is 0 Å². The number of carbonyl (C=O) groups is 2. The molecule has 0 saturated heterocycles. The van der Waals surface area contributed by atoms with Crippen LogP contribution in [-0.2, 0) is 7.05 Å². The van der Waals surface area contributed by atoms with Crippen LogP contribution >= 0.6 is 0 Å². The molecule has 7 nitrogen and oxygen atoms in total. The Balaban J connectivity index is 0.00000256. The highest BCUT2D eigenvalue weighted by Gasteiger charge is 2.22. The molecule has 4 aromatic rings. The molecule has 0 aliphatic heterocycles. The van der Waals surface area contributed by atoms with Crippen LogP contribution in [-0.4, -0.2) is 37.1 Å². The fourth-order valence-corrected chi connectivity index (χ4v) is 3.87. The number of H-pyrrole nitrogens is 1. The maximum Gasteiger partial charge on any atom is 0.314 e. The summed E-state index contributed by atoms with van der Waals surface area (Å²) in [4.78, 5) is 27.9. The summed E-state index contributed by atoms with van der Waals surface area (Å²) in [6.45, 7) is 2.78. The zero-order valence-electron chi connectivity index (χ0n) is 17.1. The van der Waals surface area contributed by atoms with Gasteiger partial charge in [0.2, 0.25) is 0 Å². The fraction of sp³-hybridized carbons (Fsp3) is 0.227. The van der Waals surface area contributed by atoms with Gasteiger partial charge in [-0.1, -0.05) is 18.2 Å². The van der Waals surface area contributed by atoms with Crippen molar-refractivity contribution in [3.05, 3.63) is 53.9 Å². The van der Waals surface area contributed by atoms with Gasteiger partial charge in [-0.2, -0.15) is 0 Å². The van der Waals surface area contributed by atoms with Crippen molar-refractivity contribution < 1.29 is 26.6 Å². The van der Waals surface area contributed by atoms with Crippen LogP contribution in [0.3, 0.4) is 0 Å².